The van der Waals surface area contributed by atoms with E-state index < -0.39 is 6.04 Å². The number of carbonyl (C=O) groups is 2. The van der Waals surface area contributed by atoms with Crippen LogP contribution in [0.15, 0.2) is 48.5 Å². The van der Waals surface area contributed by atoms with Crippen molar-refractivity contribution in [1.29, 1.82) is 0 Å². The summed E-state index contributed by atoms with van der Waals surface area (Å²) in [7, 11) is 1.59. The molecule has 0 aliphatic heterocycles. The van der Waals surface area contributed by atoms with Crippen LogP contribution >= 0.6 is 0 Å². The summed E-state index contributed by atoms with van der Waals surface area (Å²) in [6.45, 7) is 6.08. The third-order valence-electron chi connectivity index (χ3n) is 4.49. The number of anilines is 2. The first-order chi connectivity index (χ1) is 12.5. The van der Waals surface area contributed by atoms with E-state index in [0.29, 0.717) is 11.5 Å². The van der Waals surface area contributed by atoms with E-state index in [0.717, 1.165) is 23.4 Å². The van der Waals surface area contributed by atoms with Gasteiger partial charge in [0.25, 0.3) is 5.91 Å². The number of para-hydroxylation sites is 1. The number of amides is 2. The molecule has 0 saturated carbocycles. The second-order valence-corrected chi connectivity index (χ2v) is 6.41. The molecule has 2 atom stereocenters. The molecular formula is C21H27N3O2. The Morgan fingerprint density at radius 1 is 1.04 bits per heavy atom. The van der Waals surface area contributed by atoms with E-state index in [2.05, 4.69) is 35.9 Å². The molecule has 0 aromatic heterocycles. The van der Waals surface area contributed by atoms with Crippen molar-refractivity contribution in [2.24, 2.45) is 0 Å². The molecule has 5 heteroatoms. The van der Waals surface area contributed by atoms with Gasteiger partial charge in [-0.15, -0.1) is 0 Å². The number of nitrogens with one attached hydrogen (secondary N) is 3. The van der Waals surface area contributed by atoms with Crippen LogP contribution in [0.5, 0.6) is 0 Å². The fourth-order valence-electron chi connectivity index (χ4n) is 2.71. The van der Waals surface area contributed by atoms with Crippen molar-refractivity contribution in [3.05, 3.63) is 59.7 Å². The van der Waals surface area contributed by atoms with Gasteiger partial charge in [-0.2, -0.15) is 0 Å². The fourth-order valence-corrected chi connectivity index (χ4v) is 2.71. The normalized spacial score (nSPS) is 12.8. The van der Waals surface area contributed by atoms with Gasteiger partial charge in [-0.05, 0) is 49.1 Å². The van der Waals surface area contributed by atoms with Gasteiger partial charge in [-0.3, -0.25) is 9.59 Å². The van der Waals surface area contributed by atoms with Gasteiger partial charge in [-0.25, -0.2) is 0 Å². The maximum Gasteiger partial charge on any atom is 0.251 e. The van der Waals surface area contributed by atoms with E-state index in [1.165, 1.54) is 0 Å². The topological polar surface area (TPSA) is 70.2 Å². The summed E-state index contributed by atoms with van der Waals surface area (Å²) < 4.78 is 0. The van der Waals surface area contributed by atoms with Crippen molar-refractivity contribution in [3.8, 4) is 0 Å². The lowest BCUT2D eigenvalue weighted by molar-refractivity contribution is -0.116. The quantitative estimate of drug-likeness (QED) is 0.705. The first kappa shape index (κ1) is 19.5. The Labute approximate surface area is 155 Å². The average Bonchev–Trinajstić information content (AvgIpc) is 2.67. The number of benzene rings is 2. The monoisotopic (exact) mass is 353 g/mol. The Bertz CT molecular complexity index is 773. The molecular weight excluding hydrogens is 326 g/mol. The predicted octanol–water partition coefficient (Wildman–Crippen LogP) is 4.00. The van der Waals surface area contributed by atoms with E-state index in [1.807, 2.05) is 24.3 Å². The lowest BCUT2D eigenvalue weighted by atomic mass is 9.97. The highest BCUT2D eigenvalue weighted by atomic mass is 16.2. The summed E-state index contributed by atoms with van der Waals surface area (Å²) in [6, 6.07) is 14.5. The van der Waals surface area contributed by atoms with Crippen LogP contribution in [0.2, 0.25) is 0 Å². The van der Waals surface area contributed by atoms with E-state index in [1.54, 1.807) is 32.2 Å². The van der Waals surface area contributed by atoms with Crippen LogP contribution in [0.4, 0.5) is 11.4 Å². The van der Waals surface area contributed by atoms with Gasteiger partial charge < -0.3 is 16.0 Å². The molecule has 0 aliphatic rings. The Kier molecular flexibility index (Phi) is 6.78. The molecule has 0 fully saturated rings. The molecule has 138 valence electrons. The Balaban J connectivity index is 2.08. The summed E-state index contributed by atoms with van der Waals surface area (Å²) in [4.78, 5) is 24.3. The van der Waals surface area contributed by atoms with Crippen LogP contribution < -0.4 is 16.0 Å². The third-order valence-corrected chi connectivity index (χ3v) is 4.49. The smallest absolute Gasteiger partial charge is 0.251 e. The van der Waals surface area contributed by atoms with Crippen molar-refractivity contribution >= 4 is 23.2 Å². The molecule has 0 spiro atoms. The maximum absolute atomic E-state index is 12.6. The predicted molar refractivity (Wildman–Crippen MR) is 107 cm³/mol. The molecule has 0 saturated heterocycles. The molecule has 5 nitrogen and oxygen atoms in total. The van der Waals surface area contributed by atoms with Crippen LogP contribution in [0.3, 0.4) is 0 Å². The molecule has 2 aromatic carbocycles. The van der Waals surface area contributed by atoms with Crippen molar-refractivity contribution in [3.63, 3.8) is 0 Å². The standard InChI is InChI=1S/C21H27N3O2/c1-5-14(2)18-11-6-7-12-19(18)24-20(25)15(3)23-17-10-8-9-16(13-17)21(26)22-4/h6-15,23H,5H2,1-4H3,(H,22,26)(H,24,25)/t14-,15+/m0/s1. The fraction of sp³-hybridized carbons (Fsp3) is 0.333. The highest BCUT2D eigenvalue weighted by Gasteiger charge is 2.16. The number of rotatable bonds is 7. The SMILES string of the molecule is CC[C@H](C)c1ccccc1NC(=O)[C@@H](C)Nc1cccc(C(=O)NC)c1. The summed E-state index contributed by atoms with van der Waals surface area (Å²) in [5, 5.41) is 8.76. The molecule has 0 heterocycles. The van der Waals surface area contributed by atoms with Crippen LogP contribution in [0, 0.1) is 0 Å². The van der Waals surface area contributed by atoms with Crippen LogP contribution in [-0.4, -0.2) is 24.9 Å². The molecule has 0 radical (unpaired) electrons. The minimum atomic E-state index is -0.445. The Morgan fingerprint density at radius 2 is 1.77 bits per heavy atom. The highest BCUT2D eigenvalue weighted by molar-refractivity contribution is 5.98. The van der Waals surface area contributed by atoms with E-state index in [9.17, 15) is 9.59 Å². The largest absolute Gasteiger partial charge is 0.374 e. The minimum absolute atomic E-state index is 0.119. The Morgan fingerprint density at radius 3 is 2.46 bits per heavy atom. The lowest BCUT2D eigenvalue weighted by Gasteiger charge is -2.19. The molecule has 2 rings (SSSR count). The second kappa shape index (κ2) is 9.04. The van der Waals surface area contributed by atoms with Gasteiger partial charge in [0, 0.05) is 24.0 Å². The van der Waals surface area contributed by atoms with Gasteiger partial charge >= 0.3 is 0 Å². The third kappa shape index (κ3) is 4.85. The van der Waals surface area contributed by atoms with E-state index in [-0.39, 0.29) is 11.8 Å². The first-order valence-electron chi connectivity index (χ1n) is 8.94. The van der Waals surface area contributed by atoms with Crippen LogP contribution in [0.25, 0.3) is 0 Å². The van der Waals surface area contributed by atoms with Crippen LogP contribution in [-0.2, 0) is 4.79 Å². The van der Waals surface area contributed by atoms with Gasteiger partial charge in [0.05, 0.1) is 0 Å². The minimum Gasteiger partial charge on any atom is -0.374 e. The summed E-state index contributed by atoms with van der Waals surface area (Å²) in [5.74, 6) is 0.0957. The molecule has 3 N–H and O–H groups in total. The van der Waals surface area contributed by atoms with Crippen LogP contribution in [0.1, 0.15) is 49.0 Å². The highest BCUT2D eigenvalue weighted by Crippen LogP contribution is 2.26. The molecule has 0 unspecified atom stereocenters. The summed E-state index contributed by atoms with van der Waals surface area (Å²) in [5.41, 5.74) is 3.26. The van der Waals surface area contributed by atoms with Gasteiger partial charge in [-0.1, -0.05) is 38.1 Å². The zero-order valence-electron chi connectivity index (χ0n) is 15.8. The average molecular weight is 353 g/mol. The first-order valence-corrected chi connectivity index (χ1v) is 8.94. The van der Waals surface area contributed by atoms with E-state index in [4.69, 9.17) is 0 Å². The molecule has 2 aromatic rings. The molecule has 0 bridgehead atoms. The molecule has 2 amide bonds. The summed E-state index contributed by atoms with van der Waals surface area (Å²) in [6.07, 6.45) is 1.01. The number of hydrogen-bond donors (Lipinski definition) is 3. The summed E-state index contributed by atoms with van der Waals surface area (Å²) >= 11 is 0. The van der Waals surface area contributed by atoms with E-state index >= 15 is 0 Å². The van der Waals surface area contributed by atoms with Crippen molar-refractivity contribution in [1.82, 2.24) is 5.32 Å². The second-order valence-electron chi connectivity index (χ2n) is 6.41. The lowest BCUT2D eigenvalue weighted by Crippen LogP contribution is -2.32. The molecule has 26 heavy (non-hydrogen) atoms. The van der Waals surface area contributed by atoms with Gasteiger partial charge in [0.15, 0.2) is 0 Å². The number of carbonyl (C=O) groups excluding carboxylic acids is 2. The zero-order valence-corrected chi connectivity index (χ0v) is 15.8. The number of hydrogen-bond acceptors (Lipinski definition) is 3. The van der Waals surface area contributed by atoms with Crippen molar-refractivity contribution in [2.45, 2.75) is 39.2 Å². The Hall–Kier alpha value is -2.82. The maximum atomic E-state index is 12.6. The van der Waals surface area contributed by atoms with Crippen molar-refractivity contribution in [2.75, 3.05) is 17.7 Å². The van der Waals surface area contributed by atoms with Gasteiger partial charge in [0.1, 0.15) is 6.04 Å². The van der Waals surface area contributed by atoms with Crippen molar-refractivity contribution < 1.29 is 9.59 Å². The van der Waals surface area contributed by atoms with Gasteiger partial charge in [0.2, 0.25) is 5.91 Å². The molecule has 0 aliphatic carbocycles. The zero-order chi connectivity index (χ0) is 19.1.